The molecule has 0 aromatic carbocycles. The van der Waals surface area contributed by atoms with Gasteiger partial charge in [0.1, 0.15) is 23.4 Å². The first-order valence-electron chi connectivity index (χ1n) is 13.2. The van der Waals surface area contributed by atoms with E-state index >= 15 is 0 Å². The van der Waals surface area contributed by atoms with Crippen molar-refractivity contribution in [1.82, 2.24) is 19.8 Å². The van der Waals surface area contributed by atoms with Gasteiger partial charge in [-0.25, -0.2) is 14.8 Å². The van der Waals surface area contributed by atoms with E-state index in [1.807, 2.05) is 18.0 Å². The largest absolute Gasteiger partial charge is 0.480 e. The Morgan fingerprint density at radius 2 is 2.10 bits per heavy atom. The standard InChI is InChI=1S/C27H32N8O5S/c1-17(26(38)39)41-9-5-29-21-11-23(30-13-20(21)12-28)32-27(40)35-6-3-4-18-10-19(22(16-36)31-25(18)35)14-34-8-7-33(2)15-24(34)37/h10-11,13,16-17H,3-9,14-15H2,1-2H3,(H,38,39)(H2,29,30,32,40). The second-order valence-corrected chi connectivity index (χ2v) is 11.3. The zero-order valence-electron chi connectivity index (χ0n) is 22.9. The molecule has 0 bridgehead atoms. The summed E-state index contributed by atoms with van der Waals surface area (Å²) >= 11 is 1.27. The summed E-state index contributed by atoms with van der Waals surface area (Å²) in [4.78, 5) is 62.6. The zero-order chi connectivity index (χ0) is 29.5. The van der Waals surface area contributed by atoms with Crippen molar-refractivity contribution in [2.75, 3.05) is 61.1 Å². The highest BCUT2D eigenvalue weighted by Crippen LogP contribution is 2.29. The van der Waals surface area contributed by atoms with E-state index < -0.39 is 17.3 Å². The first kappa shape index (κ1) is 29.8. The Morgan fingerprint density at radius 3 is 2.80 bits per heavy atom. The van der Waals surface area contributed by atoms with Crippen LogP contribution in [0.1, 0.15) is 40.5 Å². The predicted molar refractivity (Wildman–Crippen MR) is 154 cm³/mol. The van der Waals surface area contributed by atoms with Crippen molar-refractivity contribution in [3.63, 3.8) is 0 Å². The molecule has 0 radical (unpaired) electrons. The number of piperazine rings is 1. The van der Waals surface area contributed by atoms with E-state index in [-0.39, 0.29) is 29.5 Å². The van der Waals surface area contributed by atoms with Crippen molar-refractivity contribution in [1.29, 1.82) is 5.26 Å². The van der Waals surface area contributed by atoms with Gasteiger partial charge in [0.05, 0.1) is 23.0 Å². The van der Waals surface area contributed by atoms with E-state index in [9.17, 15) is 24.4 Å². The van der Waals surface area contributed by atoms with E-state index in [0.717, 1.165) is 12.1 Å². The van der Waals surface area contributed by atoms with Crippen LogP contribution in [0.15, 0.2) is 18.3 Å². The highest BCUT2D eigenvalue weighted by molar-refractivity contribution is 8.00. The number of aliphatic carboxylic acids is 1. The van der Waals surface area contributed by atoms with Gasteiger partial charge < -0.3 is 15.3 Å². The summed E-state index contributed by atoms with van der Waals surface area (Å²) in [6, 6.07) is 4.99. The molecule has 1 saturated heterocycles. The number of amides is 3. The summed E-state index contributed by atoms with van der Waals surface area (Å²) in [5.41, 5.74) is 2.40. The molecule has 14 heteroatoms. The molecule has 13 nitrogen and oxygen atoms in total. The number of aldehydes is 1. The molecule has 2 aliphatic rings. The molecule has 0 saturated carbocycles. The highest BCUT2D eigenvalue weighted by Gasteiger charge is 2.28. The fraction of sp³-hybridized carbons (Fsp3) is 0.444. The molecule has 4 rings (SSSR count). The number of nitrogens with zero attached hydrogens (tertiary/aromatic N) is 6. The highest BCUT2D eigenvalue weighted by atomic mass is 32.2. The van der Waals surface area contributed by atoms with Crippen LogP contribution in [0.4, 0.5) is 22.1 Å². The predicted octanol–water partition coefficient (Wildman–Crippen LogP) is 2.04. The zero-order valence-corrected chi connectivity index (χ0v) is 23.7. The minimum Gasteiger partial charge on any atom is -0.480 e. The number of urea groups is 1. The third-order valence-corrected chi connectivity index (χ3v) is 8.04. The molecule has 216 valence electrons. The van der Waals surface area contributed by atoms with Crippen LogP contribution < -0.4 is 15.5 Å². The van der Waals surface area contributed by atoms with E-state index in [4.69, 9.17) is 5.11 Å². The minimum atomic E-state index is -0.892. The number of hydrogen-bond acceptors (Lipinski definition) is 10. The number of aromatic nitrogens is 2. The summed E-state index contributed by atoms with van der Waals surface area (Å²) in [5.74, 6) is 0.211. The van der Waals surface area contributed by atoms with Gasteiger partial charge in [0, 0.05) is 56.3 Å². The normalized spacial score (nSPS) is 16.0. The second kappa shape index (κ2) is 13.4. The van der Waals surface area contributed by atoms with Crippen molar-refractivity contribution < 1.29 is 24.3 Å². The number of anilines is 3. The number of rotatable bonds is 10. The third-order valence-electron chi connectivity index (χ3n) is 6.89. The first-order chi connectivity index (χ1) is 19.7. The Morgan fingerprint density at radius 1 is 1.29 bits per heavy atom. The summed E-state index contributed by atoms with van der Waals surface area (Å²) < 4.78 is 0. The topological polar surface area (TPSA) is 172 Å². The lowest BCUT2D eigenvalue weighted by molar-refractivity contribution is -0.136. The molecule has 1 fully saturated rings. The van der Waals surface area contributed by atoms with E-state index in [1.165, 1.54) is 22.9 Å². The molecule has 1 atom stereocenters. The average molecular weight is 581 g/mol. The van der Waals surface area contributed by atoms with Crippen LogP contribution in [0.3, 0.4) is 0 Å². The van der Waals surface area contributed by atoms with E-state index in [2.05, 4.69) is 26.7 Å². The third kappa shape index (κ3) is 7.30. The van der Waals surface area contributed by atoms with Crippen LogP contribution in [-0.2, 0) is 22.6 Å². The number of carbonyl (C=O) groups is 4. The number of carboxylic acid groups (broad SMARTS) is 1. The minimum absolute atomic E-state index is 0.00771. The summed E-state index contributed by atoms with van der Waals surface area (Å²) in [7, 11) is 1.89. The Labute approximate surface area is 241 Å². The molecule has 2 aliphatic heterocycles. The van der Waals surface area contributed by atoms with Crippen molar-refractivity contribution in [2.24, 2.45) is 0 Å². The SMILES string of the molecule is CC(SCCNc1cc(NC(=O)N2CCCc3cc(CN4CCN(C)CC4=O)c(C=O)nc32)ncc1C#N)C(=O)O. The number of thioether (sulfide) groups is 1. The fourth-order valence-electron chi connectivity index (χ4n) is 4.61. The smallest absolute Gasteiger partial charge is 0.328 e. The van der Waals surface area contributed by atoms with Crippen LogP contribution in [-0.4, -0.2) is 99.8 Å². The number of carboxylic acids is 1. The molecule has 4 heterocycles. The molecular formula is C27H32N8O5S. The van der Waals surface area contributed by atoms with E-state index in [0.29, 0.717) is 68.1 Å². The number of pyridine rings is 2. The molecule has 1 unspecified atom stereocenters. The Balaban J connectivity index is 1.47. The van der Waals surface area contributed by atoms with Gasteiger partial charge >= 0.3 is 12.0 Å². The lowest BCUT2D eigenvalue weighted by Crippen LogP contribution is -2.48. The van der Waals surface area contributed by atoms with Gasteiger partial charge in [0.2, 0.25) is 5.91 Å². The van der Waals surface area contributed by atoms with Crippen LogP contribution in [0.25, 0.3) is 0 Å². The number of fused-ring (bicyclic) bond motifs is 1. The molecule has 2 aromatic rings. The molecule has 41 heavy (non-hydrogen) atoms. The number of hydrogen-bond donors (Lipinski definition) is 3. The summed E-state index contributed by atoms with van der Waals surface area (Å²) in [5, 5.41) is 23.8. The van der Waals surface area contributed by atoms with Gasteiger partial charge in [-0.1, -0.05) is 0 Å². The van der Waals surface area contributed by atoms with Crippen molar-refractivity contribution >= 4 is 53.3 Å². The maximum Gasteiger partial charge on any atom is 0.328 e. The Hall–Kier alpha value is -4.22. The first-order valence-corrected chi connectivity index (χ1v) is 14.3. The summed E-state index contributed by atoms with van der Waals surface area (Å²) in [6.45, 7) is 4.33. The average Bonchev–Trinajstić information content (AvgIpc) is 2.95. The van der Waals surface area contributed by atoms with Gasteiger partial charge in [-0.3, -0.25) is 29.5 Å². The number of carbonyl (C=O) groups excluding carboxylic acids is 3. The van der Waals surface area contributed by atoms with Gasteiger partial charge in [0.15, 0.2) is 6.29 Å². The van der Waals surface area contributed by atoms with Crippen molar-refractivity contribution in [3.05, 3.63) is 40.7 Å². The van der Waals surface area contributed by atoms with Gasteiger partial charge in [0.25, 0.3) is 0 Å². The van der Waals surface area contributed by atoms with Crippen LogP contribution in [0, 0.1) is 11.3 Å². The number of nitriles is 1. The fourth-order valence-corrected chi connectivity index (χ4v) is 5.33. The van der Waals surface area contributed by atoms with Crippen LogP contribution >= 0.6 is 11.8 Å². The number of nitrogens with one attached hydrogen (secondary N) is 2. The van der Waals surface area contributed by atoms with Crippen LogP contribution in [0.2, 0.25) is 0 Å². The van der Waals surface area contributed by atoms with Crippen LogP contribution in [0.5, 0.6) is 0 Å². The Bertz CT molecular complexity index is 1380. The summed E-state index contributed by atoms with van der Waals surface area (Å²) in [6.07, 6.45) is 3.37. The quantitative estimate of drug-likeness (QED) is 0.277. The number of likely N-dealkylation sites (N-methyl/N-ethyl adjacent to an activating group) is 1. The van der Waals surface area contributed by atoms with Gasteiger partial charge in [-0.05, 0) is 38.4 Å². The number of aryl methyl sites for hydroxylation is 1. The Kier molecular flexibility index (Phi) is 9.74. The lowest BCUT2D eigenvalue weighted by Gasteiger charge is -2.33. The maximum atomic E-state index is 13.3. The monoisotopic (exact) mass is 580 g/mol. The van der Waals surface area contributed by atoms with Crippen molar-refractivity contribution in [2.45, 2.75) is 31.6 Å². The molecule has 3 amide bonds. The molecule has 0 spiro atoms. The molecular weight excluding hydrogens is 548 g/mol. The maximum absolute atomic E-state index is 13.3. The molecule has 2 aromatic heterocycles. The van der Waals surface area contributed by atoms with E-state index in [1.54, 1.807) is 17.9 Å². The second-order valence-electron chi connectivity index (χ2n) is 9.88. The molecule has 3 N–H and O–H groups in total. The van der Waals surface area contributed by atoms with Crippen molar-refractivity contribution in [3.8, 4) is 6.07 Å². The van der Waals surface area contributed by atoms with Gasteiger partial charge in [-0.2, -0.15) is 5.26 Å². The van der Waals surface area contributed by atoms with Gasteiger partial charge in [-0.15, -0.1) is 11.8 Å². The lowest BCUT2D eigenvalue weighted by atomic mass is 10.0. The molecule has 0 aliphatic carbocycles.